The molecule has 0 radical (unpaired) electrons. The molecule has 1 aromatic heterocycles. The number of rotatable bonds is 3. The number of carbonyl (C=O) groups is 2. The molecule has 2 heterocycles. The van der Waals surface area contributed by atoms with Gasteiger partial charge in [0.2, 0.25) is 0 Å². The quantitative estimate of drug-likeness (QED) is 0.730. The fraction of sp³-hybridized carbons (Fsp3) is 0.571. The maximum Gasteiger partial charge on any atom is 0.256 e. The summed E-state index contributed by atoms with van der Waals surface area (Å²) in [5.41, 5.74) is 5.94. The van der Waals surface area contributed by atoms with Gasteiger partial charge in [-0.2, -0.15) is 0 Å². The molecule has 7 heteroatoms. The van der Waals surface area contributed by atoms with Crippen LogP contribution in [0.1, 0.15) is 46.7 Å². The lowest BCUT2D eigenvalue weighted by atomic mass is 9.94. The highest BCUT2D eigenvalue weighted by molar-refractivity contribution is 7.19. The Balaban J connectivity index is 2.41. The summed E-state index contributed by atoms with van der Waals surface area (Å²) < 4.78 is 0. The highest BCUT2D eigenvalue weighted by Gasteiger charge is 2.32. The summed E-state index contributed by atoms with van der Waals surface area (Å²) in [5.74, 6) is -0.429. The van der Waals surface area contributed by atoms with E-state index in [9.17, 15) is 14.7 Å². The molecule has 1 aliphatic rings. The minimum Gasteiger partial charge on any atom is -0.397 e. The summed E-state index contributed by atoms with van der Waals surface area (Å²) in [5, 5.41) is 13.3. The molecule has 21 heavy (non-hydrogen) atoms. The summed E-state index contributed by atoms with van der Waals surface area (Å²) in [6, 6.07) is 0. The van der Waals surface area contributed by atoms with E-state index in [1.807, 2.05) is 11.8 Å². The zero-order chi connectivity index (χ0) is 15.8. The van der Waals surface area contributed by atoms with Crippen molar-refractivity contribution in [3.05, 3.63) is 10.4 Å². The van der Waals surface area contributed by atoms with Crippen LogP contribution < -0.4 is 16.0 Å². The van der Waals surface area contributed by atoms with Crippen molar-refractivity contribution in [1.82, 2.24) is 5.32 Å². The van der Waals surface area contributed by atoms with Gasteiger partial charge in [0, 0.05) is 27.1 Å². The Morgan fingerprint density at radius 3 is 2.43 bits per heavy atom. The van der Waals surface area contributed by atoms with Crippen molar-refractivity contribution in [3.8, 4) is 0 Å². The predicted molar refractivity (Wildman–Crippen MR) is 84.2 cm³/mol. The van der Waals surface area contributed by atoms with Crippen molar-refractivity contribution in [2.75, 3.05) is 30.8 Å². The molecule has 0 aliphatic carbocycles. The number of aliphatic hydroxyl groups is 1. The number of anilines is 2. The molecule has 1 aromatic rings. The Morgan fingerprint density at radius 1 is 1.38 bits per heavy atom. The number of hydrogen-bond acceptors (Lipinski definition) is 6. The number of ketones is 1. The largest absolute Gasteiger partial charge is 0.397 e. The Morgan fingerprint density at radius 2 is 1.95 bits per heavy atom. The number of hydrogen-bond donors (Lipinski definition) is 3. The first-order chi connectivity index (χ1) is 9.76. The number of thiophene rings is 1. The maximum atomic E-state index is 12.1. The van der Waals surface area contributed by atoms with Crippen LogP contribution in [-0.2, 0) is 0 Å². The van der Waals surface area contributed by atoms with Crippen LogP contribution in [0.5, 0.6) is 0 Å². The number of nitrogens with one attached hydrogen (secondary N) is 1. The van der Waals surface area contributed by atoms with Gasteiger partial charge < -0.3 is 21.1 Å². The SMILES string of the molecule is CNC(=O)c1c(N2CCC(C)(O)CC2)sc(C(C)=O)c1N. The Labute approximate surface area is 127 Å². The minimum absolute atomic E-state index is 0.141. The summed E-state index contributed by atoms with van der Waals surface area (Å²) in [4.78, 5) is 26.2. The van der Waals surface area contributed by atoms with E-state index in [1.165, 1.54) is 25.3 Å². The van der Waals surface area contributed by atoms with E-state index in [-0.39, 0.29) is 17.4 Å². The fourth-order valence-corrected chi connectivity index (χ4v) is 3.62. The Kier molecular flexibility index (Phi) is 4.25. The van der Waals surface area contributed by atoms with Crippen molar-refractivity contribution in [2.45, 2.75) is 32.3 Å². The number of piperidine rings is 1. The van der Waals surface area contributed by atoms with Gasteiger partial charge in [0.15, 0.2) is 5.78 Å². The average Bonchev–Trinajstić information content (AvgIpc) is 2.75. The fourth-order valence-electron chi connectivity index (χ4n) is 2.45. The average molecular weight is 311 g/mol. The molecule has 116 valence electrons. The highest BCUT2D eigenvalue weighted by Crippen LogP contribution is 2.40. The number of Topliss-reactive ketones (excluding diaryl/α,β-unsaturated/α-hetero) is 1. The van der Waals surface area contributed by atoms with Crippen LogP contribution in [-0.4, -0.2) is 42.5 Å². The molecule has 1 saturated heterocycles. The molecule has 1 fully saturated rings. The molecular formula is C14H21N3O3S. The van der Waals surface area contributed by atoms with E-state index in [2.05, 4.69) is 5.32 Å². The Bertz CT molecular complexity index is 570. The minimum atomic E-state index is -0.671. The van der Waals surface area contributed by atoms with Gasteiger partial charge in [0.05, 0.1) is 21.7 Å². The van der Waals surface area contributed by atoms with Crippen LogP contribution in [0.25, 0.3) is 0 Å². The number of nitrogen functional groups attached to an aromatic ring is 1. The molecule has 4 N–H and O–H groups in total. The third-order valence-corrected chi connectivity index (χ3v) is 5.20. The van der Waals surface area contributed by atoms with Gasteiger partial charge >= 0.3 is 0 Å². The lowest BCUT2D eigenvalue weighted by Gasteiger charge is -2.36. The van der Waals surface area contributed by atoms with E-state index in [0.29, 0.717) is 41.4 Å². The maximum absolute atomic E-state index is 12.1. The molecule has 0 unspecified atom stereocenters. The molecule has 2 rings (SSSR count). The van der Waals surface area contributed by atoms with Crippen LogP contribution in [0, 0.1) is 0 Å². The number of nitrogens with zero attached hydrogens (tertiary/aromatic N) is 1. The third-order valence-electron chi connectivity index (χ3n) is 3.83. The topological polar surface area (TPSA) is 95.7 Å². The molecule has 0 atom stereocenters. The zero-order valence-electron chi connectivity index (χ0n) is 12.5. The van der Waals surface area contributed by atoms with Crippen LogP contribution in [0.15, 0.2) is 0 Å². The number of carbonyl (C=O) groups excluding carboxylic acids is 2. The lowest BCUT2D eigenvalue weighted by molar-refractivity contribution is 0.0352. The summed E-state index contributed by atoms with van der Waals surface area (Å²) in [7, 11) is 1.54. The van der Waals surface area contributed by atoms with Crippen LogP contribution in [0.4, 0.5) is 10.7 Å². The predicted octanol–water partition coefficient (Wildman–Crippen LogP) is 1.24. The van der Waals surface area contributed by atoms with Crippen LogP contribution in [0.2, 0.25) is 0 Å². The van der Waals surface area contributed by atoms with E-state index in [0.717, 1.165) is 0 Å². The van der Waals surface area contributed by atoms with E-state index in [4.69, 9.17) is 5.73 Å². The second-order valence-electron chi connectivity index (χ2n) is 5.64. The highest BCUT2D eigenvalue weighted by atomic mass is 32.1. The van der Waals surface area contributed by atoms with Gasteiger partial charge in [-0.1, -0.05) is 0 Å². The lowest BCUT2D eigenvalue weighted by Crippen LogP contribution is -2.42. The molecular weight excluding hydrogens is 290 g/mol. The summed E-state index contributed by atoms with van der Waals surface area (Å²) in [6.45, 7) is 4.52. The number of nitrogens with two attached hydrogens (primary N) is 1. The van der Waals surface area contributed by atoms with Gasteiger partial charge in [-0.05, 0) is 19.8 Å². The van der Waals surface area contributed by atoms with E-state index in [1.54, 1.807) is 0 Å². The second-order valence-corrected chi connectivity index (χ2v) is 6.64. The van der Waals surface area contributed by atoms with Crippen LogP contribution in [0.3, 0.4) is 0 Å². The molecule has 1 amide bonds. The monoisotopic (exact) mass is 311 g/mol. The van der Waals surface area contributed by atoms with Gasteiger partial charge in [-0.25, -0.2) is 0 Å². The van der Waals surface area contributed by atoms with Gasteiger partial charge in [0.1, 0.15) is 5.00 Å². The van der Waals surface area contributed by atoms with Crippen molar-refractivity contribution in [1.29, 1.82) is 0 Å². The molecule has 0 aromatic carbocycles. The molecule has 6 nitrogen and oxygen atoms in total. The summed E-state index contributed by atoms with van der Waals surface area (Å²) >= 11 is 1.25. The number of amides is 1. The first-order valence-electron chi connectivity index (χ1n) is 6.89. The molecule has 1 aliphatic heterocycles. The van der Waals surface area contributed by atoms with Gasteiger partial charge in [-0.3, -0.25) is 9.59 Å². The molecule has 0 spiro atoms. The normalized spacial score (nSPS) is 17.6. The van der Waals surface area contributed by atoms with Crippen molar-refractivity contribution < 1.29 is 14.7 Å². The van der Waals surface area contributed by atoms with Crippen molar-refractivity contribution in [3.63, 3.8) is 0 Å². The molecule has 0 bridgehead atoms. The first-order valence-corrected chi connectivity index (χ1v) is 7.71. The van der Waals surface area contributed by atoms with Gasteiger partial charge in [0.25, 0.3) is 5.91 Å². The Hall–Kier alpha value is -1.60. The van der Waals surface area contributed by atoms with Gasteiger partial charge in [-0.15, -0.1) is 11.3 Å². The van der Waals surface area contributed by atoms with E-state index >= 15 is 0 Å². The third kappa shape index (κ3) is 3.03. The smallest absolute Gasteiger partial charge is 0.256 e. The van der Waals surface area contributed by atoms with Crippen LogP contribution >= 0.6 is 11.3 Å². The van der Waals surface area contributed by atoms with E-state index < -0.39 is 5.60 Å². The van der Waals surface area contributed by atoms with Crippen molar-refractivity contribution >= 4 is 33.7 Å². The standard InChI is InChI=1S/C14H21N3O3S/c1-8(18)11-10(15)9(12(19)16-3)13(21-11)17-6-4-14(2,20)5-7-17/h20H,4-7,15H2,1-3H3,(H,16,19). The second kappa shape index (κ2) is 5.65. The molecule has 0 saturated carbocycles. The summed E-state index contributed by atoms with van der Waals surface area (Å²) in [6.07, 6.45) is 1.24. The zero-order valence-corrected chi connectivity index (χ0v) is 13.3. The first kappa shape index (κ1) is 15.8. The van der Waals surface area contributed by atoms with Crippen molar-refractivity contribution in [2.24, 2.45) is 0 Å².